The molecule has 1 rings (SSSR count). The lowest BCUT2D eigenvalue weighted by atomic mass is 10.1. The van der Waals surface area contributed by atoms with Crippen LogP contribution in [0.1, 0.15) is 24.3 Å². The second kappa shape index (κ2) is 4.33. The number of hydrogen-bond acceptors (Lipinski definition) is 1. The summed E-state index contributed by atoms with van der Waals surface area (Å²) in [5.41, 5.74) is 1.41. The summed E-state index contributed by atoms with van der Waals surface area (Å²) in [4.78, 5) is 1.48. The van der Waals surface area contributed by atoms with Crippen LogP contribution in [0.15, 0.2) is 11.4 Å². The zero-order valence-corrected chi connectivity index (χ0v) is 8.66. The van der Waals surface area contributed by atoms with E-state index in [9.17, 15) is 0 Å². The molecule has 0 bridgehead atoms. The van der Waals surface area contributed by atoms with Crippen molar-refractivity contribution in [2.75, 3.05) is 0 Å². The van der Waals surface area contributed by atoms with E-state index >= 15 is 0 Å². The topological polar surface area (TPSA) is 0 Å². The molecule has 1 aromatic heterocycles. The van der Waals surface area contributed by atoms with Gasteiger partial charge < -0.3 is 0 Å². The van der Waals surface area contributed by atoms with Crippen LogP contribution >= 0.6 is 11.3 Å². The maximum atomic E-state index is 3.17. The van der Waals surface area contributed by atoms with Crippen molar-refractivity contribution in [1.82, 2.24) is 0 Å². The Morgan fingerprint density at radius 1 is 1.58 bits per heavy atom. The first-order valence-corrected chi connectivity index (χ1v) is 5.07. The van der Waals surface area contributed by atoms with Gasteiger partial charge in [0.25, 0.3) is 0 Å². The smallest absolute Gasteiger partial charge is 0.0222 e. The molecule has 1 atom stereocenters. The van der Waals surface area contributed by atoms with Gasteiger partial charge in [-0.25, -0.2) is 0 Å². The summed E-state index contributed by atoms with van der Waals surface area (Å²) in [6.07, 6.45) is 1.10. The molecule has 0 fully saturated rings. The predicted molar refractivity (Wildman–Crippen MR) is 55.4 cm³/mol. The Hall–Kier alpha value is -0.740. The lowest BCUT2D eigenvalue weighted by Gasteiger charge is -2.01. The fourth-order valence-electron chi connectivity index (χ4n) is 1.19. The number of aryl methyl sites for hydroxylation is 1. The van der Waals surface area contributed by atoms with Crippen LogP contribution in [0.5, 0.6) is 0 Å². The highest BCUT2D eigenvalue weighted by Gasteiger charge is 2.03. The lowest BCUT2D eigenvalue weighted by molar-refractivity contribution is 0.757. The molecule has 12 heavy (non-hydrogen) atoms. The third kappa shape index (κ3) is 2.39. The van der Waals surface area contributed by atoms with Crippen molar-refractivity contribution in [3.05, 3.63) is 21.9 Å². The molecule has 0 aliphatic heterocycles. The van der Waals surface area contributed by atoms with Crippen molar-refractivity contribution in [1.29, 1.82) is 0 Å². The quantitative estimate of drug-likeness (QED) is 0.610. The van der Waals surface area contributed by atoms with Gasteiger partial charge in [0.1, 0.15) is 0 Å². The highest BCUT2D eigenvalue weighted by atomic mass is 32.1. The highest BCUT2D eigenvalue weighted by Crippen LogP contribution is 2.19. The molecule has 0 radical (unpaired) electrons. The summed E-state index contributed by atoms with van der Waals surface area (Å²) in [7, 11) is 0. The Kier molecular flexibility index (Phi) is 3.37. The van der Waals surface area contributed by atoms with E-state index in [-0.39, 0.29) is 0 Å². The molecule has 1 heterocycles. The number of rotatable bonds is 2. The van der Waals surface area contributed by atoms with E-state index in [1.807, 2.05) is 18.3 Å². The molecule has 0 spiro atoms. The monoisotopic (exact) mass is 178 g/mol. The average molecular weight is 178 g/mol. The van der Waals surface area contributed by atoms with Gasteiger partial charge in [0.15, 0.2) is 0 Å². The van der Waals surface area contributed by atoms with E-state index in [4.69, 9.17) is 0 Å². The Bertz CT molecular complexity index is 298. The zero-order valence-electron chi connectivity index (χ0n) is 7.85. The van der Waals surface area contributed by atoms with Crippen LogP contribution in [0.3, 0.4) is 0 Å². The lowest BCUT2D eigenvalue weighted by Crippen LogP contribution is -1.95. The first-order chi connectivity index (χ1) is 5.74. The van der Waals surface area contributed by atoms with Crippen LogP contribution in [0.2, 0.25) is 0 Å². The molecule has 64 valence electrons. The van der Waals surface area contributed by atoms with Crippen molar-refractivity contribution in [2.24, 2.45) is 5.92 Å². The van der Waals surface area contributed by atoms with E-state index in [0.29, 0.717) is 5.92 Å². The van der Waals surface area contributed by atoms with Crippen LogP contribution in [0, 0.1) is 24.7 Å². The van der Waals surface area contributed by atoms with Crippen LogP contribution in [0.4, 0.5) is 0 Å². The molecule has 0 aliphatic carbocycles. The highest BCUT2D eigenvalue weighted by molar-refractivity contribution is 7.10. The maximum absolute atomic E-state index is 3.17. The predicted octanol–water partition coefficient (Wildman–Crippen LogP) is 3.26. The molecule has 0 saturated heterocycles. The van der Waals surface area contributed by atoms with Crippen molar-refractivity contribution in [3.8, 4) is 11.8 Å². The van der Waals surface area contributed by atoms with Crippen molar-refractivity contribution >= 4 is 11.3 Å². The summed E-state index contributed by atoms with van der Waals surface area (Å²) in [5, 5.41) is 2.15. The summed E-state index contributed by atoms with van der Waals surface area (Å²) in [6, 6.07) is 2.17. The van der Waals surface area contributed by atoms with Gasteiger partial charge in [-0.15, -0.1) is 23.2 Å². The first-order valence-electron chi connectivity index (χ1n) is 4.19. The molecule has 0 aliphatic rings. The minimum absolute atomic E-state index is 0.493. The minimum Gasteiger partial charge on any atom is -0.149 e. The van der Waals surface area contributed by atoms with Crippen LogP contribution in [0.25, 0.3) is 0 Å². The first kappa shape index (κ1) is 9.35. The van der Waals surface area contributed by atoms with E-state index in [0.717, 1.165) is 6.42 Å². The van der Waals surface area contributed by atoms with Gasteiger partial charge in [0.2, 0.25) is 0 Å². The third-order valence-corrected chi connectivity index (χ3v) is 2.90. The molecule has 0 N–H and O–H groups in total. The van der Waals surface area contributed by atoms with Gasteiger partial charge in [-0.2, -0.15) is 0 Å². The number of thiophene rings is 1. The molecular formula is C11H14S. The van der Waals surface area contributed by atoms with Crippen molar-refractivity contribution in [3.63, 3.8) is 0 Å². The third-order valence-electron chi connectivity index (χ3n) is 1.85. The summed E-state index contributed by atoms with van der Waals surface area (Å²) < 4.78 is 0. The van der Waals surface area contributed by atoms with E-state index in [1.165, 1.54) is 10.4 Å². The normalized spacial score (nSPS) is 11.9. The second-order valence-corrected chi connectivity index (χ2v) is 4.03. The summed E-state index contributed by atoms with van der Waals surface area (Å²) in [6.45, 7) is 6.24. The maximum Gasteiger partial charge on any atom is 0.0222 e. The van der Waals surface area contributed by atoms with E-state index in [1.54, 1.807) is 0 Å². The summed E-state index contributed by atoms with van der Waals surface area (Å²) >= 11 is 1.84. The van der Waals surface area contributed by atoms with Gasteiger partial charge in [0, 0.05) is 10.8 Å². The molecule has 1 unspecified atom stereocenters. The van der Waals surface area contributed by atoms with Gasteiger partial charge in [-0.3, -0.25) is 0 Å². The number of hydrogen-bond donors (Lipinski definition) is 0. The van der Waals surface area contributed by atoms with Crippen LogP contribution < -0.4 is 0 Å². The zero-order chi connectivity index (χ0) is 8.97. The standard InChI is InChI=1S/C11H14S/c1-4-5-9(2)8-11-10(3)6-7-12-11/h6-7,9H,8H2,1-3H3. The van der Waals surface area contributed by atoms with Crippen molar-refractivity contribution < 1.29 is 0 Å². The molecule has 0 amide bonds. The second-order valence-electron chi connectivity index (χ2n) is 3.03. The molecular weight excluding hydrogens is 164 g/mol. The molecule has 0 saturated carbocycles. The largest absolute Gasteiger partial charge is 0.149 e. The van der Waals surface area contributed by atoms with Gasteiger partial charge in [0.05, 0.1) is 0 Å². The molecule has 1 aromatic rings. The fourth-order valence-corrected chi connectivity index (χ4v) is 2.23. The minimum atomic E-state index is 0.493. The van der Waals surface area contributed by atoms with Crippen LogP contribution in [-0.2, 0) is 6.42 Å². The Morgan fingerprint density at radius 2 is 2.33 bits per heavy atom. The van der Waals surface area contributed by atoms with Gasteiger partial charge in [-0.1, -0.05) is 6.92 Å². The Labute approximate surface area is 78.6 Å². The summed E-state index contributed by atoms with van der Waals surface area (Å²) in [5.74, 6) is 6.61. The Morgan fingerprint density at radius 3 is 2.83 bits per heavy atom. The molecule has 0 aromatic carbocycles. The fraction of sp³-hybridized carbons (Fsp3) is 0.455. The van der Waals surface area contributed by atoms with Gasteiger partial charge in [-0.05, 0) is 37.3 Å². The van der Waals surface area contributed by atoms with Crippen molar-refractivity contribution in [2.45, 2.75) is 27.2 Å². The molecule has 0 nitrogen and oxygen atoms in total. The molecule has 1 heteroatoms. The van der Waals surface area contributed by atoms with E-state index < -0.39 is 0 Å². The average Bonchev–Trinajstić information content (AvgIpc) is 2.37. The van der Waals surface area contributed by atoms with Crippen LogP contribution in [-0.4, -0.2) is 0 Å². The van der Waals surface area contributed by atoms with Gasteiger partial charge >= 0.3 is 0 Å². The van der Waals surface area contributed by atoms with E-state index in [2.05, 4.69) is 37.1 Å². The Balaban J connectivity index is 2.61. The SMILES string of the molecule is CC#CC(C)Cc1sccc1C.